The van der Waals surface area contributed by atoms with Gasteiger partial charge in [0.25, 0.3) is 5.91 Å². The van der Waals surface area contributed by atoms with Gasteiger partial charge in [-0.1, -0.05) is 11.6 Å². The summed E-state index contributed by atoms with van der Waals surface area (Å²) < 4.78 is 4.60. The van der Waals surface area contributed by atoms with Crippen molar-refractivity contribution in [3.63, 3.8) is 0 Å². The lowest BCUT2D eigenvalue weighted by atomic mass is 10.1. The van der Waals surface area contributed by atoms with Gasteiger partial charge in [-0.05, 0) is 43.3 Å². The van der Waals surface area contributed by atoms with Crippen molar-refractivity contribution in [1.82, 2.24) is 0 Å². The maximum atomic E-state index is 12.1. The summed E-state index contributed by atoms with van der Waals surface area (Å²) in [7, 11) is 1.30. The van der Waals surface area contributed by atoms with Crippen LogP contribution in [0, 0.1) is 6.92 Å². The van der Waals surface area contributed by atoms with Crippen LogP contribution in [0.5, 0.6) is 5.75 Å². The molecule has 0 unspecified atom stereocenters. The molecule has 5 nitrogen and oxygen atoms in total. The molecule has 0 aliphatic carbocycles. The number of aromatic hydroxyl groups is 1. The summed E-state index contributed by atoms with van der Waals surface area (Å²) in [6.07, 6.45) is 0. The van der Waals surface area contributed by atoms with Gasteiger partial charge >= 0.3 is 5.97 Å². The molecule has 0 atom stereocenters. The third kappa shape index (κ3) is 3.39. The average molecular weight is 285 g/mol. The van der Waals surface area contributed by atoms with Crippen LogP contribution in [-0.2, 0) is 4.74 Å². The zero-order valence-electron chi connectivity index (χ0n) is 11.7. The van der Waals surface area contributed by atoms with E-state index >= 15 is 0 Å². The van der Waals surface area contributed by atoms with E-state index < -0.39 is 11.9 Å². The SMILES string of the molecule is COC(=O)c1ccc(NC(=O)c2cc(C)ccc2O)cc1. The van der Waals surface area contributed by atoms with Gasteiger partial charge in [0.05, 0.1) is 18.2 Å². The highest BCUT2D eigenvalue weighted by Crippen LogP contribution is 2.20. The van der Waals surface area contributed by atoms with Crippen molar-refractivity contribution in [1.29, 1.82) is 0 Å². The van der Waals surface area contributed by atoms with Crippen LogP contribution in [0.1, 0.15) is 26.3 Å². The van der Waals surface area contributed by atoms with Gasteiger partial charge < -0.3 is 15.2 Å². The lowest BCUT2D eigenvalue weighted by Gasteiger charge is -2.08. The van der Waals surface area contributed by atoms with Gasteiger partial charge in [0.15, 0.2) is 0 Å². The normalized spacial score (nSPS) is 10.0. The number of ether oxygens (including phenoxy) is 1. The van der Waals surface area contributed by atoms with Gasteiger partial charge in [-0.25, -0.2) is 4.79 Å². The second-order valence-electron chi connectivity index (χ2n) is 4.54. The number of phenolic OH excluding ortho intramolecular Hbond substituents is 1. The first-order valence-electron chi connectivity index (χ1n) is 6.30. The smallest absolute Gasteiger partial charge is 0.337 e. The second kappa shape index (κ2) is 6.09. The van der Waals surface area contributed by atoms with E-state index in [1.54, 1.807) is 36.4 Å². The first-order valence-corrected chi connectivity index (χ1v) is 6.30. The predicted octanol–water partition coefficient (Wildman–Crippen LogP) is 2.74. The molecule has 2 N–H and O–H groups in total. The standard InChI is InChI=1S/C16H15NO4/c1-10-3-8-14(18)13(9-10)15(19)17-12-6-4-11(5-7-12)16(20)21-2/h3-9,18H,1-2H3,(H,17,19). The first kappa shape index (κ1) is 14.6. The fraction of sp³-hybridized carbons (Fsp3) is 0.125. The molecule has 1 amide bonds. The number of esters is 1. The quantitative estimate of drug-likeness (QED) is 0.850. The van der Waals surface area contributed by atoms with E-state index in [-0.39, 0.29) is 11.3 Å². The number of anilines is 1. The van der Waals surface area contributed by atoms with Crippen molar-refractivity contribution in [3.8, 4) is 5.75 Å². The Kier molecular flexibility index (Phi) is 4.23. The van der Waals surface area contributed by atoms with E-state index in [1.165, 1.54) is 13.2 Å². The van der Waals surface area contributed by atoms with Gasteiger partial charge in [0.2, 0.25) is 0 Å². The van der Waals surface area contributed by atoms with Crippen molar-refractivity contribution in [2.24, 2.45) is 0 Å². The molecule has 0 aliphatic rings. The molecule has 5 heteroatoms. The number of aryl methyl sites for hydroxylation is 1. The van der Waals surface area contributed by atoms with E-state index in [2.05, 4.69) is 10.1 Å². The van der Waals surface area contributed by atoms with Crippen LogP contribution in [0.2, 0.25) is 0 Å². The summed E-state index contributed by atoms with van der Waals surface area (Å²) in [6.45, 7) is 1.83. The Balaban J connectivity index is 2.16. The minimum Gasteiger partial charge on any atom is -0.507 e. The monoisotopic (exact) mass is 285 g/mol. The number of benzene rings is 2. The highest BCUT2D eigenvalue weighted by Gasteiger charge is 2.12. The average Bonchev–Trinajstić information content (AvgIpc) is 2.49. The highest BCUT2D eigenvalue weighted by atomic mass is 16.5. The number of methoxy groups -OCH3 is 1. The molecule has 2 aromatic carbocycles. The van der Waals surface area contributed by atoms with E-state index in [0.717, 1.165) is 5.56 Å². The molecule has 0 saturated heterocycles. The molecule has 2 aromatic rings. The van der Waals surface area contributed by atoms with Crippen LogP contribution in [0.4, 0.5) is 5.69 Å². The summed E-state index contributed by atoms with van der Waals surface area (Å²) in [5.41, 5.74) is 1.99. The van der Waals surface area contributed by atoms with Crippen LogP contribution in [-0.4, -0.2) is 24.1 Å². The number of hydrogen-bond acceptors (Lipinski definition) is 4. The highest BCUT2D eigenvalue weighted by molar-refractivity contribution is 6.06. The summed E-state index contributed by atoms with van der Waals surface area (Å²) in [5, 5.41) is 12.4. The lowest BCUT2D eigenvalue weighted by molar-refractivity contribution is 0.0600. The first-order chi connectivity index (χ1) is 10.0. The molecule has 108 valence electrons. The summed E-state index contributed by atoms with van der Waals surface area (Å²) >= 11 is 0. The molecule has 0 aliphatic heterocycles. The Hall–Kier alpha value is -2.82. The van der Waals surface area contributed by atoms with E-state index in [1.807, 2.05) is 6.92 Å². The molecule has 0 bridgehead atoms. The minimum absolute atomic E-state index is 0.0794. The van der Waals surface area contributed by atoms with Gasteiger partial charge in [0.1, 0.15) is 5.75 Å². The van der Waals surface area contributed by atoms with Crippen LogP contribution in [0.15, 0.2) is 42.5 Å². The molecular weight excluding hydrogens is 270 g/mol. The zero-order valence-corrected chi connectivity index (χ0v) is 11.7. The van der Waals surface area contributed by atoms with E-state index in [9.17, 15) is 14.7 Å². The lowest BCUT2D eigenvalue weighted by Crippen LogP contribution is -2.12. The fourth-order valence-electron chi connectivity index (χ4n) is 1.84. The van der Waals surface area contributed by atoms with Crippen LogP contribution in [0.25, 0.3) is 0 Å². The number of hydrogen-bond donors (Lipinski definition) is 2. The van der Waals surface area contributed by atoms with Gasteiger partial charge in [-0.3, -0.25) is 4.79 Å². The Bertz CT molecular complexity index is 677. The summed E-state index contributed by atoms with van der Waals surface area (Å²) in [6, 6.07) is 11.1. The number of amides is 1. The second-order valence-corrected chi connectivity index (χ2v) is 4.54. The Morgan fingerprint density at radius 1 is 1.10 bits per heavy atom. The van der Waals surface area contributed by atoms with E-state index in [0.29, 0.717) is 11.3 Å². The molecule has 0 saturated carbocycles. The Morgan fingerprint density at radius 3 is 2.38 bits per heavy atom. The van der Waals surface area contributed by atoms with Crippen molar-refractivity contribution in [2.75, 3.05) is 12.4 Å². The zero-order chi connectivity index (χ0) is 15.4. The fourth-order valence-corrected chi connectivity index (χ4v) is 1.84. The molecule has 0 fully saturated rings. The van der Waals surface area contributed by atoms with Crippen molar-refractivity contribution in [2.45, 2.75) is 6.92 Å². The van der Waals surface area contributed by atoms with Gasteiger partial charge in [-0.2, -0.15) is 0 Å². The maximum absolute atomic E-state index is 12.1. The molecule has 0 radical (unpaired) electrons. The number of carbonyl (C=O) groups excluding carboxylic acids is 2. The van der Waals surface area contributed by atoms with Crippen molar-refractivity contribution >= 4 is 17.6 Å². The third-order valence-electron chi connectivity index (χ3n) is 2.96. The molecule has 21 heavy (non-hydrogen) atoms. The number of phenols is 1. The van der Waals surface area contributed by atoms with Gasteiger partial charge in [0, 0.05) is 5.69 Å². The predicted molar refractivity (Wildman–Crippen MR) is 78.6 cm³/mol. The number of carbonyl (C=O) groups is 2. The summed E-state index contributed by atoms with van der Waals surface area (Å²) in [4.78, 5) is 23.4. The molecule has 0 aromatic heterocycles. The van der Waals surface area contributed by atoms with Crippen LogP contribution in [0.3, 0.4) is 0 Å². The Labute approximate surface area is 122 Å². The molecule has 2 rings (SSSR count). The molecule has 0 spiro atoms. The summed E-state index contributed by atoms with van der Waals surface area (Å²) in [5.74, 6) is -0.935. The molecular formula is C16H15NO4. The van der Waals surface area contributed by atoms with Crippen LogP contribution >= 0.6 is 0 Å². The third-order valence-corrected chi connectivity index (χ3v) is 2.96. The topological polar surface area (TPSA) is 75.6 Å². The minimum atomic E-state index is -0.441. The van der Waals surface area contributed by atoms with Crippen molar-refractivity contribution in [3.05, 3.63) is 59.2 Å². The van der Waals surface area contributed by atoms with Crippen molar-refractivity contribution < 1.29 is 19.4 Å². The maximum Gasteiger partial charge on any atom is 0.337 e. The van der Waals surface area contributed by atoms with Crippen LogP contribution < -0.4 is 5.32 Å². The van der Waals surface area contributed by atoms with Gasteiger partial charge in [-0.15, -0.1) is 0 Å². The Morgan fingerprint density at radius 2 is 1.76 bits per heavy atom. The number of nitrogens with one attached hydrogen (secondary N) is 1. The largest absolute Gasteiger partial charge is 0.507 e. The number of rotatable bonds is 3. The molecule has 0 heterocycles. The van der Waals surface area contributed by atoms with E-state index in [4.69, 9.17) is 0 Å².